The Hall–Kier alpha value is -1.13. The van der Waals surface area contributed by atoms with E-state index in [9.17, 15) is 9.50 Å². The maximum atomic E-state index is 13.0. The second kappa shape index (κ2) is 8.06. The van der Waals surface area contributed by atoms with Crippen molar-refractivity contribution in [3.63, 3.8) is 0 Å². The van der Waals surface area contributed by atoms with E-state index in [0.717, 1.165) is 44.2 Å². The molecule has 0 aromatic heterocycles. The summed E-state index contributed by atoms with van der Waals surface area (Å²) in [4.78, 5) is 2.37. The van der Waals surface area contributed by atoms with Gasteiger partial charge in [0.05, 0.1) is 0 Å². The van der Waals surface area contributed by atoms with Crippen molar-refractivity contribution in [1.82, 2.24) is 10.2 Å². The highest BCUT2D eigenvalue weighted by Gasteiger charge is 2.01. The average molecular weight is 254 g/mol. The highest BCUT2D eigenvalue weighted by Crippen LogP contribution is 2.14. The third-order valence-electron chi connectivity index (χ3n) is 2.86. The quantitative estimate of drug-likeness (QED) is 0.699. The zero-order valence-electron chi connectivity index (χ0n) is 11.2. The number of rotatable bonds is 8. The first-order valence-electron chi connectivity index (χ1n) is 6.57. The van der Waals surface area contributed by atoms with Crippen molar-refractivity contribution in [3.05, 3.63) is 29.6 Å². The van der Waals surface area contributed by atoms with Crippen LogP contribution in [0.4, 0.5) is 4.39 Å². The van der Waals surface area contributed by atoms with Gasteiger partial charge in [-0.25, -0.2) is 4.39 Å². The Balaban J connectivity index is 2.28. The molecule has 0 aliphatic carbocycles. The number of hydrogen-bond acceptors (Lipinski definition) is 3. The first kappa shape index (κ1) is 14.9. The Labute approximate surface area is 109 Å². The van der Waals surface area contributed by atoms with E-state index >= 15 is 0 Å². The number of nitrogens with zero attached hydrogens (tertiary/aromatic N) is 1. The number of aromatic hydroxyl groups is 1. The normalized spacial score (nSPS) is 11.1. The van der Waals surface area contributed by atoms with Gasteiger partial charge in [0.25, 0.3) is 0 Å². The van der Waals surface area contributed by atoms with Crippen molar-refractivity contribution in [2.24, 2.45) is 0 Å². The van der Waals surface area contributed by atoms with Gasteiger partial charge < -0.3 is 15.3 Å². The van der Waals surface area contributed by atoms with Crippen molar-refractivity contribution in [1.29, 1.82) is 0 Å². The largest absolute Gasteiger partial charge is 0.508 e. The van der Waals surface area contributed by atoms with Crippen LogP contribution >= 0.6 is 0 Å². The van der Waals surface area contributed by atoms with Crippen LogP contribution in [-0.4, -0.2) is 36.2 Å². The van der Waals surface area contributed by atoms with Gasteiger partial charge in [0, 0.05) is 25.7 Å². The van der Waals surface area contributed by atoms with Crippen LogP contribution in [0.25, 0.3) is 0 Å². The Morgan fingerprint density at radius 1 is 1.22 bits per heavy atom. The molecule has 3 nitrogen and oxygen atoms in total. The van der Waals surface area contributed by atoms with Crippen LogP contribution < -0.4 is 5.32 Å². The Morgan fingerprint density at radius 3 is 2.61 bits per heavy atom. The van der Waals surface area contributed by atoms with Crippen LogP contribution in [0.15, 0.2) is 18.2 Å². The fourth-order valence-corrected chi connectivity index (χ4v) is 1.95. The molecule has 0 amide bonds. The number of likely N-dealkylation sites (N-methyl/N-ethyl adjacent to an activating group) is 1. The summed E-state index contributed by atoms with van der Waals surface area (Å²) in [5, 5.41) is 12.5. The molecule has 0 saturated carbocycles. The van der Waals surface area contributed by atoms with E-state index in [-0.39, 0.29) is 5.75 Å². The fraction of sp³-hybridized carbons (Fsp3) is 0.571. The molecule has 4 heteroatoms. The number of phenols is 1. The van der Waals surface area contributed by atoms with E-state index < -0.39 is 5.82 Å². The number of hydrogen-bond donors (Lipinski definition) is 2. The summed E-state index contributed by atoms with van der Waals surface area (Å²) >= 11 is 0. The smallest absolute Gasteiger partial charge is 0.127 e. The minimum atomic E-state index is -0.395. The summed E-state index contributed by atoms with van der Waals surface area (Å²) in [6, 6.07) is 4.14. The summed E-state index contributed by atoms with van der Waals surface area (Å²) in [5.41, 5.74) is 0.769. The molecule has 0 aliphatic heterocycles. The predicted octanol–water partition coefficient (Wildman–Crippen LogP) is 2.35. The van der Waals surface area contributed by atoms with Gasteiger partial charge in [-0.1, -0.05) is 13.8 Å². The van der Waals surface area contributed by atoms with Crippen LogP contribution in [0.5, 0.6) is 5.75 Å². The highest BCUT2D eigenvalue weighted by molar-refractivity contribution is 5.28. The monoisotopic (exact) mass is 254 g/mol. The molecule has 0 fully saturated rings. The van der Waals surface area contributed by atoms with Gasteiger partial charge >= 0.3 is 0 Å². The van der Waals surface area contributed by atoms with Gasteiger partial charge in [-0.2, -0.15) is 0 Å². The predicted molar refractivity (Wildman–Crippen MR) is 72.2 cm³/mol. The van der Waals surface area contributed by atoms with Crippen LogP contribution in [0, 0.1) is 5.82 Å². The van der Waals surface area contributed by atoms with Crippen LogP contribution in [0.3, 0.4) is 0 Å². The second-order valence-corrected chi connectivity index (χ2v) is 4.43. The molecule has 0 saturated heterocycles. The first-order chi connectivity index (χ1) is 8.65. The lowest BCUT2D eigenvalue weighted by Gasteiger charge is -2.19. The second-order valence-electron chi connectivity index (χ2n) is 4.43. The zero-order chi connectivity index (χ0) is 13.4. The molecule has 0 atom stereocenters. The van der Waals surface area contributed by atoms with Crippen molar-refractivity contribution in [3.8, 4) is 5.75 Å². The molecule has 0 bridgehead atoms. The average Bonchev–Trinajstić information content (AvgIpc) is 2.32. The van der Waals surface area contributed by atoms with E-state index in [1.54, 1.807) is 6.07 Å². The van der Waals surface area contributed by atoms with E-state index in [1.165, 1.54) is 6.07 Å². The van der Waals surface area contributed by atoms with Crippen molar-refractivity contribution < 1.29 is 9.50 Å². The van der Waals surface area contributed by atoms with E-state index in [2.05, 4.69) is 24.1 Å². The summed E-state index contributed by atoms with van der Waals surface area (Å²) < 4.78 is 13.0. The van der Waals surface area contributed by atoms with Crippen LogP contribution in [0.1, 0.15) is 25.8 Å². The molecular weight excluding hydrogens is 231 g/mol. The first-order valence-corrected chi connectivity index (χ1v) is 6.57. The van der Waals surface area contributed by atoms with E-state index in [1.807, 2.05) is 0 Å². The summed E-state index contributed by atoms with van der Waals surface area (Å²) in [6.07, 6.45) is 1.16. The Morgan fingerprint density at radius 2 is 2.00 bits per heavy atom. The molecule has 0 heterocycles. The number of nitrogens with one attached hydrogen (secondary N) is 1. The molecule has 0 spiro atoms. The zero-order valence-corrected chi connectivity index (χ0v) is 11.2. The Bertz CT molecular complexity index is 337. The van der Waals surface area contributed by atoms with E-state index in [4.69, 9.17) is 0 Å². The summed E-state index contributed by atoms with van der Waals surface area (Å²) in [7, 11) is 0. The van der Waals surface area contributed by atoms with Gasteiger partial charge in [-0.05, 0) is 37.2 Å². The van der Waals surface area contributed by atoms with Crippen LogP contribution in [-0.2, 0) is 6.54 Å². The molecule has 1 aromatic rings. The molecule has 18 heavy (non-hydrogen) atoms. The van der Waals surface area contributed by atoms with Crippen LogP contribution in [0.2, 0.25) is 0 Å². The Kier molecular flexibility index (Phi) is 6.68. The van der Waals surface area contributed by atoms with Gasteiger partial charge in [0.15, 0.2) is 0 Å². The topological polar surface area (TPSA) is 35.5 Å². The van der Waals surface area contributed by atoms with Crippen molar-refractivity contribution in [2.45, 2.75) is 26.8 Å². The van der Waals surface area contributed by atoms with Gasteiger partial charge in [0.1, 0.15) is 11.6 Å². The molecule has 1 aromatic carbocycles. The number of phenolic OH excluding ortho intramolecular Hbond substituents is 1. The molecule has 0 unspecified atom stereocenters. The standard InChI is InChI=1S/C14H23FN2O/c1-3-6-17(4-2)7-5-16-11-12-8-13(15)10-14(18)9-12/h8-10,16,18H,3-7,11H2,1-2H3. The molecule has 1 rings (SSSR count). The van der Waals surface area contributed by atoms with Gasteiger partial charge in [-0.3, -0.25) is 0 Å². The lowest BCUT2D eigenvalue weighted by atomic mass is 10.2. The molecule has 2 N–H and O–H groups in total. The lowest BCUT2D eigenvalue weighted by molar-refractivity contribution is 0.287. The number of benzene rings is 1. The minimum absolute atomic E-state index is 0.0204. The third-order valence-corrected chi connectivity index (χ3v) is 2.86. The number of halogens is 1. The van der Waals surface area contributed by atoms with Gasteiger partial charge in [0.2, 0.25) is 0 Å². The van der Waals surface area contributed by atoms with Crippen molar-refractivity contribution in [2.75, 3.05) is 26.2 Å². The highest BCUT2D eigenvalue weighted by atomic mass is 19.1. The SMILES string of the molecule is CCCN(CC)CCNCc1cc(O)cc(F)c1. The molecule has 0 aliphatic rings. The lowest BCUT2D eigenvalue weighted by Crippen LogP contribution is -2.32. The molecular formula is C14H23FN2O. The third kappa shape index (κ3) is 5.47. The maximum absolute atomic E-state index is 13.0. The maximum Gasteiger partial charge on any atom is 0.127 e. The molecule has 0 radical (unpaired) electrons. The van der Waals surface area contributed by atoms with E-state index in [0.29, 0.717) is 6.54 Å². The minimum Gasteiger partial charge on any atom is -0.508 e. The fourth-order valence-electron chi connectivity index (χ4n) is 1.95. The summed E-state index contributed by atoms with van der Waals surface area (Å²) in [6.45, 7) is 8.92. The van der Waals surface area contributed by atoms with Gasteiger partial charge in [-0.15, -0.1) is 0 Å². The van der Waals surface area contributed by atoms with Crippen molar-refractivity contribution >= 4 is 0 Å². The summed E-state index contributed by atoms with van der Waals surface area (Å²) in [5.74, 6) is -0.416. The molecule has 102 valence electrons.